The molecule has 0 aromatic carbocycles. The van der Waals surface area contributed by atoms with E-state index in [4.69, 9.17) is 0 Å². The van der Waals surface area contributed by atoms with Crippen molar-refractivity contribution in [1.29, 1.82) is 0 Å². The van der Waals surface area contributed by atoms with E-state index in [-0.39, 0.29) is 11.6 Å². The number of anilines is 1. The Morgan fingerprint density at radius 3 is 2.40 bits per heavy atom. The van der Waals surface area contributed by atoms with Crippen LogP contribution >= 0.6 is 0 Å². The molecule has 2 heterocycles. The zero-order chi connectivity index (χ0) is 14.2. The number of Topliss-reactive ketones (excluding diaryl/α,β-unsaturated/α-hetero) is 2. The number of nitrogens with zero attached hydrogens (tertiary/aromatic N) is 2. The standard InChI is InChI=1S/C15H16N2O3/c18-10-11-2-1-7-16-14(11)17-8-5-15(6-9-17)12(19)3-4-13(15)20/h1-2,7,10H,3-6,8-9H2. The van der Waals surface area contributed by atoms with Gasteiger partial charge in [-0.3, -0.25) is 14.4 Å². The lowest BCUT2D eigenvalue weighted by atomic mass is 9.75. The Balaban J connectivity index is 1.81. The highest BCUT2D eigenvalue weighted by atomic mass is 16.2. The Labute approximate surface area is 117 Å². The lowest BCUT2D eigenvalue weighted by molar-refractivity contribution is -0.136. The Morgan fingerprint density at radius 2 is 1.80 bits per heavy atom. The number of ketones is 2. The van der Waals surface area contributed by atoms with Gasteiger partial charge in [0.1, 0.15) is 17.4 Å². The van der Waals surface area contributed by atoms with Crippen LogP contribution < -0.4 is 4.90 Å². The highest BCUT2D eigenvalue weighted by Gasteiger charge is 2.50. The highest BCUT2D eigenvalue weighted by molar-refractivity contribution is 6.13. The third-order valence-electron chi connectivity index (χ3n) is 4.51. The molecule has 0 N–H and O–H groups in total. The summed E-state index contributed by atoms with van der Waals surface area (Å²) in [5, 5.41) is 0. The molecular weight excluding hydrogens is 256 g/mol. The van der Waals surface area contributed by atoms with E-state index < -0.39 is 5.41 Å². The van der Waals surface area contributed by atoms with Gasteiger partial charge in [0.15, 0.2) is 6.29 Å². The molecule has 1 aromatic rings. The molecule has 1 saturated carbocycles. The fraction of sp³-hybridized carbons (Fsp3) is 0.467. The summed E-state index contributed by atoms with van der Waals surface area (Å²) in [6, 6.07) is 3.45. The summed E-state index contributed by atoms with van der Waals surface area (Å²) in [5.74, 6) is 0.841. The van der Waals surface area contributed by atoms with Crippen molar-refractivity contribution in [2.45, 2.75) is 25.7 Å². The molecule has 3 rings (SSSR count). The molecule has 0 bridgehead atoms. The summed E-state index contributed by atoms with van der Waals surface area (Å²) in [6.07, 6.45) is 4.31. The van der Waals surface area contributed by atoms with Crippen molar-refractivity contribution < 1.29 is 14.4 Å². The first-order valence-electron chi connectivity index (χ1n) is 6.89. The third kappa shape index (κ3) is 1.85. The maximum Gasteiger partial charge on any atom is 0.153 e. The van der Waals surface area contributed by atoms with Crippen LogP contribution in [0.2, 0.25) is 0 Å². The van der Waals surface area contributed by atoms with Crippen molar-refractivity contribution in [3.63, 3.8) is 0 Å². The van der Waals surface area contributed by atoms with E-state index in [9.17, 15) is 14.4 Å². The fourth-order valence-corrected chi connectivity index (χ4v) is 3.28. The zero-order valence-electron chi connectivity index (χ0n) is 11.2. The van der Waals surface area contributed by atoms with Crippen molar-refractivity contribution >= 4 is 23.7 Å². The zero-order valence-corrected chi connectivity index (χ0v) is 11.2. The highest BCUT2D eigenvalue weighted by Crippen LogP contribution is 2.41. The number of carbonyl (C=O) groups is 3. The predicted molar refractivity (Wildman–Crippen MR) is 72.8 cm³/mol. The number of carbonyl (C=O) groups excluding carboxylic acids is 3. The number of pyridine rings is 1. The van der Waals surface area contributed by atoms with Crippen LogP contribution in [0.1, 0.15) is 36.0 Å². The van der Waals surface area contributed by atoms with Gasteiger partial charge in [-0.05, 0) is 25.0 Å². The second kappa shape index (κ2) is 4.81. The first-order chi connectivity index (χ1) is 9.67. The predicted octanol–water partition coefficient (Wildman–Crippen LogP) is 1.41. The van der Waals surface area contributed by atoms with Gasteiger partial charge in [0, 0.05) is 32.1 Å². The molecule has 0 amide bonds. The molecule has 104 valence electrons. The van der Waals surface area contributed by atoms with E-state index in [1.165, 1.54) is 0 Å². The van der Waals surface area contributed by atoms with Gasteiger partial charge in [0.25, 0.3) is 0 Å². The number of hydrogen-bond acceptors (Lipinski definition) is 5. The summed E-state index contributed by atoms with van der Waals surface area (Å²) < 4.78 is 0. The van der Waals surface area contributed by atoms with E-state index in [2.05, 4.69) is 4.98 Å². The smallest absolute Gasteiger partial charge is 0.153 e. The maximum atomic E-state index is 12.0. The Hall–Kier alpha value is -2.04. The van der Waals surface area contributed by atoms with Gasteiger partial charge in [-0.1, -0.05) is 0 Å². The largest absolute Gasteiger partial charge is 0.356 e. The van der Waals surface area contributed by atoms with Crippen LogP contribution in [0.5, 0.6) is 0 Å². The fourth-order valence-electron chi connectivity index (χ4n) is 3.28. The molecule has 1 aromatic heterocycles. The molecule has 5 nitrogen and oxygen atoms in total. The third-order valence-corrected chi connectivity index (χ3v) is 4.51. The van der Waals surface area contributed by atoms with Crippen LogP contribution in [-0.2, 0) is 9.59 Å². The summed E-state index contributed by atoms with van der Waals surface area (Å²) in [5.41, 5.74) is -0.195. The molecule has 0 radical (unpaired) electrons. The Kier molecular flexibility index (Phi) is 3.12. The van der Waals surface area contributed by atoms with E-state index in [0.717, 1.165) is 6.29 Å². The van der Waals surface area contributed by atoms with E-state index in [1.807, 2.05) is 4.90 Å². The summed E-state index contributed by atoms with van der Waals surface area (Å²) in [4.78, 5) is 41.3. The Bertz CT molecular complexity index is 556. The Morgan fingerprint density at radius 1 is 1.15 bits per heavy atom. The second-order valence-corrected chi connectivity index (χ2v) is 5.45. The van der Waals surface area contributed by atoms with Crippen molar-refractivity contribution in [3.8, 4) is 0 Å². The molecule has 1 saturated heterocycles. The number of aromatic nitrogens is 1. The minimum atomic E-state index is -0.743. The van der Waals surface area contributed by atoms with Crippen LogP contribution in [-0.4, -0.2) is 35.9 Å². The minimum absolute atomic E-state index is 0.0961. The molecule has 1 spiro atoms. The van der Waals surface area contributed by atoms with Crippen molar-refractivity contribution in [2.24, 2.45) is 5.41 Å². The number of hydrogen-bond donors (Lipinski definition) is 0. The SMILES string of the molecule is O=Cc1cccnc1N1CCC2(CC1)C(=O)CCC2=O. The molecular formula is C15H16N2O3. The van der Waals surface area contributed by atoms with Crippen LogP contribution in [0.25, 0.3) is 0 Å². The van der Waals surface area contributed by atoms with Crippen molar-refractivity contribution in [1.82, 2.24) is 4.98 Å². The molecule has 0 atom stereocenters. The van der Waals surface area contributed by atoms with Crippen LogP contribution in [0, 0.1) is 5.41 Å². The normalized spacial score (nSPS) is 21.5. The molecule has 1 aliphatic carbocycles. The molecule has 2 fully saturated rings. The van der Waals surface area contributed by atoms with E-state index >= 15 is 0 Å². The summed E-state index contributed by atoms with van der Waals surface area (Å²) in [7, 11) is 0. The topological polar surface area (TPSA) is 67.3 Å². The first kappa shape index (κ1) is 13.0. The van der Waals surface area contributed by atoms with Crippen LogP contribution in [0.3, 0.4) is 0 Å². The quantitative estimate of drug-likeness (QED) is 0.601. The van der Waals surface area contributed by atoms with E-state index in [1.54, 1.807) is 18.3 Å². The van der Waals surface area contributed by atoms with Gasteiger partial charge in [0.05, 0.1) is 11.0 Å². The minimum Gasteiger partial charge on any atom is -0.356 e. The van der Waals surface area contributed by atoms with Gasteiger partial charge in [0.2, 0.25) is 0 Å². The summed E-state index contributed by atoms with van der Waals surface area (Å²) in [6.45, 7) is 1.19. The maximum absolute atomic E-state index is 12.0. The molecule has 20 heavy (non-hydrogen) atoms. The van der Waals surface area contributed by atoms with E-state index in [0.29, 0.717) is 50.2 Å². The molecule has 5 heteroatoms. The average Bonchev–Trinajstić information content (AvgIpc) is 2.77. The first-order valence-corrected chi connectivity index (χ1v) is 6.89. The monoisotopic (exact) mass is 272 g/mol. The number of piperidine rings is 1. The molecule has 1 aliphatic heterocycles. The van der Waals surface area contributed by atoms with Gasteiger partial charge in [-0.25, -0.2) is 4.98 Å². The number of rotatable bonds is 2. The van der Waals surface area contributed by atoms with Gasteiger partial charge >= 0.3 is 0 Å². The van der Waals surface area contributed by atoms with Crippen molar-refractivity contribution in [3.05, 3.63) is 23.9 Å². The second-order valence-electron chi connectivity index (χ2n) is 5.45. The van der Waals surface area contributed by atoms with Gasteiger partial charge in [-0.15, -0.1) is 0 Å². The summed E-state index contributed by atoms with van der Waals surface area (Å²) >= 11 is 0. The van der Waals surface area contributed by atoms with Crippen LogP contribution in [0.15, 0.2) is 18.3 Å². The van der Waals surface area contributed by atoms with Crippen molar-refractivity contribution in [2.75, 3.05) is 18.0 Å². The van der Waals surface area contributed by atoms with Gasteiger partial charge < -0.3 is 4.90 Å². The average molecular weight is 272 g/mol. The molecule has 2 aliphatic rings. The number of aldehydes is 1. The lowest BCUT2D eigenvalue weighted by Crippen LogP contribution is -2.46. The van der Waals surface area contributed by atoms with Crippen LogP contribution in [0.4, 0.5) is 5.82 Å². The van der Waals surface area contributed by atoms with Gasteiger partial charge in [-0.2, -0.15) is 0 Å². The molecule has 0 unspecified atom stereocenters. The lowest BCUT2D eigenvalue weighted by Gasteiger charge is -2.37.